The van der Waals surface area contributed by atoms with Crippen LogP contribution in [-0.2, 0) is 11.1 Å². The lowest BCUT2D eigenvalue weighted by Crippen LogP contribution is -2.42. The number of fused-ring (bicyclic) bond motifs is 1. The van der Waals surface area contributed by atoms with Crippen molar-refractivity contribution in [2.45, 2.75) is 38.8 Å². The minimum atomic E-state index is -0.292. The predicted molar refractivity (Wildman–Crippen MR) is 56.1 cm³/mol. The Balaban J connectivity index is 2.70. The minimum Gasteiger partial charge on any atom is -0.312 e. The summed E-state index contributed by atoms with van der Waals surface area (Å²) in [7, 11) is 0. The van der Waals surface area contributed by atoms with Crippen molar-refractivity contribution in [2.24, 2.45) is 0 Å². The normalized spacial score (nSPS) is 23.5. The van der Waals surface area contributed by atoms with Gasteiger partial charge in [0, 0.05) is 0 Å². The van der Waals surface area contributed by atoms with Crippen molar-refractivity contribution in [1.29, 1.82) is 0 Å². The molecular formula is C12H17NO. The molecule has 0 aliphatic carbocycles. The van der Waals surface area contributed by atoms with Crippen LogP contribution in [0.15, 0.2) is 24.3 Å². The Labute approximate surface area is 85.1 Å². The van der Waals surface area contributed by atoms with Gasteiger partial charge in [-0.1, -0.05) is 24.3 Å². The molecule has 1 N–H and O–H groups in total. The summed E-state index contributed by atoms with van der Waals surface area (Å²) in [4.78, 5) is 0. The number of hydrogen-bond donors (Lipinski definition) is 1. The van der Waals surface area contributed by atoms with E-state index in [1.54, 1.807) is 0 Å². The molecule has 14 heavy (non-hydrogen) atoms. The number of benzene rings is 1. The van der Waals surface area contributed by atoms with E-state index < -0.39 is 0 Å². The maximum Gasteiger partial charge on any atom is 0.0665 e. The second kappa shape index (κ2) is 2.59. The van der Waals surface area contributed by atoms with Crippen LogP contribution in [0.3, 0.4) is 0 Å². The van der Waals surface area contributed by atoms with Crippen LogP contribution < -0.4 is 0 Å². The van der Waals surface area contributed by atoms with E-state index >= 15 is 0 Å². The molecule has 0 bridgehead atoms. The Bertz CT molecular complexity index is 333. The molecule has 2 rings (SSSR count). The molecule has 1 heterocycles. The van der Waals surface area contributed by atoms with E-state index in [4.69, 9.17) is 0 Å². The van der Waals surface area contributed by atoms with E-state index in [0.29, 0.717) is 0 Å². The average Bonchev–Trinajstić information content (AvgIpc) is 2.28. The van der Waals surface area contributed by atoms with Crippen molar-refractivity contribution in [3.63, 3.8) is 0 Å². The van der Waals surface area contributed by atoms with Crippen LogP contribution in [0.4, 0.5) is 0 Å². The zero-order valence-electron chi connectivity index (χ0n) is 9.20. The van der Waals surface area contributed by atoms with Gasteiger partial charge in [0.2, 0.25) is 0 Å². The highest BCUT2D eigenvalue weighted by atomic mass is 16.5. The van der Waals surface area contributed by atoms with Crippen molar-refractivity contribution in [1.82, 2.24) is 5.06 Å². The Morgan fingerprint density at radius 2 is 1.29 bits per heavy atom. The first kappa shape index (κ1) is 9.69. The summed E-state index contributed by atoms with van der Waals surface area (Å²) in [6, 6.07) is 8.23. The molecular weight excluding hydrogens is 174 g/mol. The SMILES string of the molecule is CC1(C)c2ccccc2C(C)(C)N1O. The van der Waals surface area contributed by atoms with E-state index in [1.807, 2.05) is 39.8 Å². The molecule has 0 saturated carbocycles. The largest absolute Gasteiger partial charge is 0.312 e. The van der Waals surface area contributed by atoms with Gasteiger partial charge in [-0.3, -0.25) is 0 Å². The lowest BCUT2D eigenvalue weighted by Gasteiger charge is -2.34. The first-order chi connectivity index (χ1) is 6.38. The number of nitrogens with zero attached hydrogens (tertiary/aromatic N) is 1. The highest BCUT2D eigenvalue weighted by molar-refractivity contribution is 5.42. The Morgan fingerprint density at radius 1 is 0.929 bits per heavy atom. The average molecular weight is 191 g/mol. The Kier molecular flexibility index (Phi) is 1.79. The second-order valence-electron chi connectivity index (χ2n) is 4.98. The number of hydrogen-bond acceptors (Lipinski definition) is 2. The van der Waals surface area contributed by atoms with Crippen LogP contribution in [0.2, 0.25) is 0 Å². The van der Waals surface area contributed by atoms with Gasteiger partial charge in [-0.15, -0.1) is 0 Å². The third-order valence-corrected chi connectivity index (χ3v) is 3.30. The minimum absolute atomic E-state index is 0.292. The maximum absolute atomic E-state index is 10.1. The van der Waals surface area contributed by atoms with E-state index in [2.05, 4.69) is 12.1 Å². The van der Waals surface area contributed by atoms with E-state index in [0.717, 1.165) is 0 Å². The quantitative estimate of drug-likeness (QED) is 0.681. The lowest BCUT2D eigenvalue weighted by atomic mass is 9.91. The van der Waals surface area contributed by atoms with Gasteiger partial charge in [-0.2, -0.15) is 5.06 Å². The summed E-state index contributed by atoms with van der Waals surface area (Å²) in [5, 5.41) is 11.6. The fourth-order valence-electron chi connectivity index (χ4n) is 2.48. The van der Waals surface area contributed by atoms with Gasteiger partial charge >= 0.3 is 0 Å². The molecule has 2 nitrogen and oxygen atoms in total. The second-order valence-corrected chi connectivity index (χ2v) is 4.98. The summed E-state index contributed by atoms with van der Waals surface area (Å²) in [5.41, 5.74) is 1.85. The molecule has 76 valence electrons. The summed E-state index contributed by atoms with van der Waals surface area (Å²) in [6.07, 6.45) is 0. The van der Waals surface area contributed by atoms with Gasteiger partial charge in [-0.05, 0) is 38.8 Å². The number of hydroxylamine groups is 2. The molecule has 0 amide bonds. The van der Waals surface area contributed by atoms with Crippen LogP contribution in [0.25, 0.3) is 0 Å². The van der Waals surface area contributed by atoms with Gasteiger partial charge in [0.25, 0.3) is 0 Å². The van der Waals surface area contributed by atoms with Gasteiger partial charge < -0.3 is 5.21 Å². The molecule has 0 fully saturated rings. The van der Waals surface area contributed by atoms with Crippen molar-refractivity contribution in [2.75, 3.05) is 0 Å². The third kappa shape index (κ3) is 0.983. The molecule has 1 aliphatic heterocycles. The van der Waals surface area contributed by atoms with Crippen molar-refractivity contribution < 1.29 is 5.21 Å². The highest BCUT2D eigenvalue weighted by Gasteiger charge is 2.48. The van der Waals surface area contributed by atoms with Crippen LogP contribution in [-0.4, -0.2) is 10.3 Å². The molecule has 0 unspecified atom stereocenters. The summed E-state index contributed by atoms with van der Waals surface area (Å²) >= 11 is 0. The van der Waals surface area contributed by atoms with Gasteiger partial charge in [0.05, 0.1) is 11.1 Å². The first-order valence-corrected chi connectivity index (χ1v) is 4.97. The zero-order chi connectivity index (χ0) is 10.6. The third-order valence-electron chi connectivity index (χ3n) is 3.30. The lowest BCUT2D eigenvalue weighted by molar-refractivity contribution is -0.216. The van der Waals surface area contributed by atoms with Crippen LogP contribution in [0.5, 0.6) is 0 Å². The van der Waals surface area contributed by atoms with Gasteiger partial charge in [-0.25, -0.2) is 0 Å². The molecule has 0 atom stereocenters. The van der Waals surface area contributed by atoms with Crippen molar-refractivity contribution >= 4 is 0 Å². The van der Waals surface area contributed by atoms with Crippen LogP contribution >= 0.6 is 0 Å². The van der Waals surface area contributed by atoms with Crippen molar-refractivity contribution in [3.8, 4) is 0 Å². The maximum atomic E-state index is 10.1. The number of rotatable bonds is 0. The van der Waals surface area contributed by atoms with Crippen LogP contribution in [0, 0.1) is 0 Å². The molecule has 1 aromatic rings. The van der Waals surface area contributed by atoms with Gasteiger partial charge in [0.1, 0.15) is 0 Å². The molecule has 0 radical (unpaired) electrons. The molecule has 0 spiro atoms. The first-order valence-electron chi connectivity index (χ1n) is 4.97. The molecule has 0 aromatic heterocycles. The zero-order valence-corrected chi connectivity index (χ0v) is 9.20. The topological polar surface area (TPSA) is 23.5 Å². The smallest absolute Gasteiger partial charge is 0.0665 e. The molecule has 1 aromatic carbocycles. The standard InChI is InChI=1S/C12H17NO/c1-11(2)9-7-5-6-8-10(9)12(3,4)13(11)14/h5-8,14H,1-4H3. The summed E-state index contributed by atoms with van der Waals surface area (Å²) < 4.78 is 0. The molecule has 2 heteroatoms. The Morgan fingerprint density at radius 3 is 1.64 bits per heavy atom. The highest BCUT2D eigenvalue weighted by Crippen LogP contribution is 2.47. The monoisotopic (exact) mass is 191 g/mol. The Hall–Kier alpha value is -0.860. The summed E-state index contributed by atoms with van der Waals surface area (Å²) in [6.45, 7) is 8.17. The fourth-order valence-corrected chi connectivity index (χ4v) is 2.48. The van der Waals surface area contributed by atoms with Crippen LogP contribution in [0.1, 0.15) is 38.8 Å². The van der Waals surface area contributed by atoms with Gasteiger partial charge in [0.15, 0.2) is 0 Å². The molecule has 0 saturated heterocycles. The summed E-state index contributed by atoms with van der Waals surface area (Å²) in [5.74, 6) is 0. The predicted octanol–water partition coefficient (Wildman–Crippen LogP) is 2.86. The van der Waals surface area contributed by atoms with E-state index in [9.17, 15) is 5.21 Å². The molecule has 1 aliphatic rings. The van der Waals surface area contributed by atoms with E-state index in [1.165, 1.54) is 16.2 Å². The fraction of sp³-hybridized carbons (Fsp3) is 0.500. The van der Waals surface area contributed by atoms with E-state index in [-0.39, 0.29) is 11.1 Å². The van der Waals surface area contributed by atoms with Crippen molar-refractivity contribution in [3.05, 3.63) is 35.4 Å².